The van der Waals surface area contributed by atoms with Gasteiger partial charge in [0.2, 0.25) is 5.82 Å². The Kier molecular flexibility index (Phi) is 4.42. The summed E-state index contributed by atoms with van der Waals surface area (Å²) in [5.74, 6) is 0.761. The van der Waals surface area contributed by atoms with Crippen LogP contribution in [0.5, 0.6) is 0 Å². The minimum Gasteiger partial charge on any atom is -0.366 e. The van der Waals surface area contributed by atoms with Crippen LogP contribution in [0.25, 0.3) is 22.8 Å². The van der Waals surface area contributed by atoms with Gasteiger partial charge in [0.15, 0.2) is 0 Å². The molecule has 0 aliphatic rings. The van der Waals surface area contributed by atoms with Gasteiger partial charge < -0.3 is 14.2 Å². The molecule has 0 aliphatic carbocycles. The monoisotopic (exact) mass is 322 g/mol. The van der Waals surface area contributed by atoms with Crippen molar-refractivity contribution >= 4 is 17.7 Å². The molecule has 3 rings (SSSR count). The summed E-state index contributed by atoms with van der Waals surface area (Å²) in [7, 11) is 1.71. The van der Waals surface area contributed by atoms with E-state index < -0.39 is 0 Å². The van der Waals surface area contributed by atoms with Gasteiger partial charge in [-0.15, -0.1) is 4.91 Å². The van der Waals surface area contributed by atoms with E-state index in [1.807, 2.05) is 30.3 Å². The molecular formula is C17H14N4O3. The predicted molar refractivity (Wildman–Crippen MR) is 90.0 cm³/mol. The standard InChI is InChI=1S/C17H14N4O3/c1-21(9-10-22)15-8-7-13(11-14(15)19-23)17-18-16(20-24-17)12-5-3-2-4-6-12/h2-8,10-11H,9H2,1H3. The number of aldehydes is 1. The van der Waals surface area contributed by atoms with Crippen LogP contribution in [0.1, 0.15) is 0 Å². The number of hydrogen-bond donors (Lipinski definition) is 0. The molecule has 0 N–H and O–H groups in total. The maximum absolute atomic E-state index is 11.1. The normalized spacial score (nSPS) is 10.4. The van der Waals surface area contributed by atoms with Crippen molar-refractivity contribution in [1.29, 1.82) is 0 Å². The summed E-state index contributed by atoms with van der Waals surface area (Å²) in [5.41, 5.74) is 2.19. The number of hydrogen-bond acceptors (Lipinski definition) is 7. The van der Waals surface area contributed by atoms with Crippen molar-refractivity contribution < 1.29 is 9.32 Å². The Bertz CT molecular complexity index is 861. The number of carbonyl (C=O) groups is 1. The van der Waals surface area contributed by atoms with Crippen molar-refractivity contribution in [2.75, 3.05) is 18.5 Å². The van der Waals surface area contributed by atoms with E-state index in [9.17, 15) is 9.70 Å². The topological polar surface area (TPSA) is 88.7 Å². The first kappa shape index (κ1) is 15.5. The average molecular weight is 322 g/mol. The minimum absolute atomic E-state index is 0.167. The zero-order valence-corrected chi connectivity index (χ0v) is 12.9. The van der Waals surface area contributed by atoms with E-state index in [0.717, 1.165) is 11.8 Å². The molecule has 0 fully saturated rings. The molecule has 0 amide bonds. The van der Waals surface area contributed by atoms with Gasteiger partial charge in [0.25, 0.3) is 5.89 Å². The summed E-state index contributed by atoms with van der Waals surface area (Å²) in [5, 5.41) is 6.98. The molecule has 24 heavy (non-hydrogen) atoms. The first-order valence-corrected chi connectivity index (χ1v) is 7.24. The van der Waals surface area contributed by atoms with Crippen LogP contribution >= 0.6 is 0 Å². The van der Waals surface area contributed by atoms with Crippen LogP contribution in [0.4, 0.5) is 11.4 Å². The molecule has 2 aromatic carbocycles. The number of likely N-dealkylation sites (N-methyl/N-ethyl adjacent to an activating group) is 1. The molecule has 0 saturated carbocycles. The average Bonchev–Trinajstić information content (AvgIpc) is 3.12. The summed E-state index contributed by atoms with van der Waals surface area (Å²) in [4.78, 5) is 27.7. The van der Waals surface area contributed by atoms with Crippen molar-refractivity contribution in [2.45, 2.75) is 0 Å². The van der Waals surface area contributed by atoms with Crippen molar-refractivity contribution in [1.82, 2.24) is 10.1 Å². The molecule has 0 atom stereocenters. The molecular weight excluding hydrogens is 308 g/mol. The molecule has 120 valence electrons. The van der Waals surface area contributed by atoms with Gasteiger partial charge in [-0.3, -0.25) is 0 Å². The Balaban J connectivity index is 1.94. The zero-order valence-electron chi connectivity index (χ0n) is 12.9. The number of nitroso groups, excluding NO2 is 1. The Morgan fingerprint density at radius 3 is 2.67 bits per heavy atom. The summed E-state index contributed by atoms with van der Waals surface area (Å²) in [6.07, 6.45) is 0.757. The Morgan fingerprint density at radius 1 is 1.17 bits per heavy atom. The van der Waals surface area contributed by atoms with Crippen molar-refractivity contribution in [2.24, 2.45) is 5.18 Å². The third-order valence-electron chi connectivity index (χ3n) is 3.54. The maximum Gasteiger partial charge on any atom is 0.258 e. The van der Waals surface area contributed by atoms with Crippen LogP contribution in [0, 0.1) is 4.91 Å². The fourth-order valence-corrected chi connectivity index (χ4v) is 2.31. The van der Waals surface area contributed by atoms with Crippen LogP contribution in [0.3, 0.4) is 0 Å². The lowest BCUT2D eigenvalue weighted by atomic mass is 10.1. The third-order valence-corrected chi connectivity index (χ3v) is 3.54. The van der Waals surface area contributed by atoms with Gasteiger partial charge in [-0.2, -0.15) is 4.98 Å². The molecule has 0 saturated heterocycles. The lowest BCUT2D eigenvalue weighted by Gasteiger charge is -2.17. The van der Waals surface area contributed by atoms with E-state index in [1.54, 1.807) is 30.1 Å². The molecule has 0 aliphatic heterocycles. The minimum atomic E-state index is 0.167. The number of aromatic nitrogens is 2. The second kappa shape index (κ2) is 6.82. The molecule has 1 aromatic heterocycles. The summed E-state index contributed by atoms with van der Waals surface area (Å²) in [6.45, 7) is 0.167. The van der Waals surface area contributed by atoms with Gasteiger partial charge in [0.1, 0.15) is 12.0 Å². The predicted octanol–water partition coefficient (Wildman–Crippen LogP) is 3.44. The highest BCUT2D eigenvalue weighted by atomic mass is 16.5. The maximum atomic E-state index is 11.1. The quantitative estimate of drug-likeness (QED) is 0.510. The summed E-state index contributed by atoms with van der Waals surface area (Å²) in [6, 6.07) is 14.4. The first-order valence-electron chi connectivity index (χ1n) is 7.24. The van der Waals surface area contributed by atoms with Crippen LogP contribution in [-0.4, -0.2) is 30.0 Å². The molecule has 0 unspecified atom stereocenters. The number of nitrogens with zero attached hydrogens (tertiary/aromatic N) is 4. The molecule has 0 bridgehead atoms. The van der Waals surface area contributed by atoms with Gasteiger partial charge in [0, 0.05) is 18.2 Å². The SMILES string of the molecule is CN(CC=O)c1ccc(-c2nc(-c3ccccc3)no2)cc1N=O. The summed E-state index contributed by atoms with van der Waals surface area (Å²) < 4.78 is 5.28. The van der Waals surface area contributed by atoms with Gasteiger partial charge in [0.05, 0.1) is 12.2 Å². The molecule has 1 heterocycles. The van der Waals surface area contributed by atoms with E-state index in [2.05, 4.69) is 15.3 Å². The second-order valence-electron chi connectivity index (χ2n) is 5.13. The third kappa shape index (κ3) is 3.05. The van der Waals surface area contributed by atoms with E-state index in [0.29, 0.717) is 23.0 Å². The fourth-order valence-electron chi connectivity index (χ4n) is 2.31. The Hall–Kier alpha value is -3.35. The lowest BCUT2D eigenvalue weighted by molar-refractivity contribution is -0.106. The van der Waals surface area contributed by atoms with Crippen LogP contribution < -0.4 is 4.90 Å². The Morgan fingerprint density at radius 2 is 1.96 bits per heavy atom. The highest BCUT2D eigenvalue weighted by Gasteiger charge is 2.14. The van der Waals surface area contributed by atoms with Crippen molar-refractivity contribution in [3.8, 4) is 22.8 Å². The smallest absolute Gasteiger partial charge is 0.258 e. The Labute approximate surface area is 137 Å². The van der Waals surface area contributed by atoms with Crippen LogP contribution in [0.15, 0.2) is 58.2 Å². The van der Waals surface area contributed by atoms with Crippen molar-refractivity contribution in [3.05, 3.63) is 53.4 Å². The van der Waals surface area contributed by atoms with Crippen LogP contribution in [0.2, 0.25) is 0 Å². The molecule has 7 heteroatoms. The van der Waals surface area contributed by atoms with E-state index in [4.69, 9.17) is 4.52 Å². The lowest BCUT2D eigenvalue weighted by Crippen LogP contribution is -2.19. The second-order valence-corrected chi connectivity index (χ2v) is 5.13. The molecule has 0 radical (unpaired) electrons. The first-order chi connectivity index (χ1) is 11.7. The van der Waals surface area contributed by atoms with Gasteiger partial charge in [-0.05, 0) is 23.4 Å². The largest absolute Gasteiger partial charge is 0.366 e. The molecule has 7 nitrogen and oxygen atoms in total. The van der Waals surface area contributed by atoms with E-state index in [1.165, 1.54) is 0 Å². The van der Waals surface area contributed by atoms with E-state index >= 15 is 0 Å². The van der Waals surface area contributed by atoms with Gasteiger partial charge in [-0.1, -0.05) is 35.5 Å². The number of rotatable bonds is 6. The fraction of sp³-hybridized carbons (Fsp3) is 0.118. The van der Waals surface area contributed by atoms with Gasteiger partial charge in [-0.25, -0.2) is 0 Å². The molecule has 3 aromatic rings. The highest BCUT2D eigenvalue weighted by Crippen LogP contribution is 2.33. The highest BCUT2D eigenvalue weighted by molar-refractivity contribution is 5.75. The number of anilines is 1. The van der Waals surface area contributed by atoms with Crippen molar-refractivity contribution in [3.63, 3.8) is 0 Å². The zero-order chi connectivity index (χ0) is 16.9. The van der Waals surface area contributed by atoms with Crippen LogP contribution in [-0.2, 0) is 4.79 Å². The number of carbonyl (C=O) groups excluding carboxylic acids is 1. The summed E-state index contributed by atoms with van der Waals surface area (Å²) >= 11 is 0. The number of benzene rings is 2. The molecule has 0 spiro atoms. The van der Waals surface area contributed by atoms with Gasteiger partial charge >= 0.3 is 0 Å². The van der Waals surface area contributed by atoms with E-state index in [-0.39, 0.29) is 12.2 Å².